The van der Waals surface area contributed by atoms with Crippen molar-refractivity contribution in [3.63, 3.8) is 0 Å². The van der Waals surface area contributed by atoms with Crippen LogP contribution in [-0.2, 0) is 4.79 Å². The van der Waals surface area contributed by atoms with Crippen LogP contribution < -0.4 is 9.47 Å². The number of ether oxygens (including phenoxy) is 2. The third-order valence-electron chi connectivity index (χ3n) is 2.77. The summed E-state index contributed by atoms with van der Waals surface area (Å²) < 4.78 is 10.9. The van der Waals surface area contributed by atoms with E-state index in [1.54, 1.807) is 12.1 Å². The Hall–Kier alpha value is -2.22. The van der Waals surface area contributed by atoms with Gasteiger partial charge in [0.05, 0.1) is 12.7 Å². The molecule has 0 spiro atoms. The van der Waals surface area contributed by atoms with Crippen LogP contribution in [0.5, 0.6) is 11.5 Å². The zero-order valence-electron chi connectivity index (χ0n) is 12.7. The first-order valence-corrected chi connectivity index (χ1v) is 7.21. The molecule has 114 valence electrons. The second kappa shape index (κ2) is 9.65. The summed E-state index contributed by atoms with van der Waals surface area (Å²) >= 11 is 0. The molecule has 0 bridgehead atoms. The smallest absolute Gasteiger partial charge is 0.261 e. The molecule has 21 heavy (non-hydrogen) atoms. The van der Waals surface area contributed by atoms with Crippen molar-refractivity contribution in [1.29, 1.82) is 5.26 Å². The van der Waals surface area contributed by atoms with Gasteiger partial charge in [0.15, 0.2) is 6.61 Å². The quantitative estimate of drug-likeness (QED) is 0.656. The molecule has 5 heteroatoms. The number of carbonyl (C=O) groups is 1. The van der Waals surface area contributed by atoms with Crippen molar-refractivity contribution in [2.24, 2.45) is 0 Å². The summed E-state index contributed by atoms with van der Waals surface area (Å²) in [7, 11) is 0. The van der Waals surface area contributed by atoms with Crippen molar-refractivity contribution < 1.29 is 14.3 Å². The summed E-state index contributed by atoms with van der Waals surface area (Å²) in [6.07, 6.45) is 1.77. The van der Waals surface area contributed by atoms with Crippen LogP contribution in [0.4, 0.5) is 0 Å². The van der Waals surface area contributed by atoms with Gasteiger partial charge in [-0.15, -0.1) is 0 Å². The number of benzene rings is 1. The molecule has 0 aliphatic heterocycles. The highest BCUT2D eigenvalue weighted by atomic mass is 16.5. The van der Waals surface area contributed by atoms with Gasteiger partial charge in [0.25, 0.3) is 5.91 Å². The number of amides is 1. The van der Waals surface area contributed by atoms with E-state index < -0.39 is 0 Å². The number of hydrogen-bond acceptors (Lipinski definition) is 4. The molecule has 0 saturated carbocycles. The molecule has 0 fully saturated rings. The van der Waals surface area contributed by atoms with Crippen molar-refractivity contribution in [3.8, 4) is 17.6 Å². The van der Waals surface area contributed by atoms with Gasteiger partial charge in [-0.25, -0.2) is 0 Å². The Balaban J connectivity index is 2.46. The van der Waals surface area contributed by atoms with E-state index in [-0.39, 0.29) is 19.1 Å². The zero-order valence-corrected chi connectivity index (χ0v) is 12.7. The average Bonchev–Trinajstić information content (AvgIpc) is 2.51. The maximum absolute atomic E-state index is 11.9. The maximum atomic E-state index is 11.9. The minimum atomic E-state index is -0.176. The second-order valence-corrected chi connectivity index (χ2v) is 4.58. The lowest BCUT2D eigenvalue weighted by Crippen LogP contribution is -2.35. The minimum Gasteiger partial charge on any atom is -0.494 e. The lowest BCUT2D eigenvalue weighted by molar-refractivity contribution is -0.132. The highest BCUT2D eigenvalue weighted by Gasteiger charge is 2.12. The van der Waals surface area contributed by atoms with Crippen molar-refractivity contribution in [2.75, 3.05) is 26.3 Å². The van der Waals surface area contributed by atoms with Gasteiger partial charge in [0, 0.05) is 6.54 Å². The van der Waals surface area contributed by atoms with Crippen LogP contribution in [0.25, 0.3) is 0 Å². The highest BCUT2D eigenvalue weighted by Crippen LogP contribution is 2.17. The SMILES string of the molecule is CCCOc1ccc(OCC(=O)N(CC#N)CCC)cc1. The van der Waals surface area contributed by atoms with E-state index in [1.807, 2.05) is 32.0 Å². The lowest BCUT2D eigenvalue weighted by atomic mass is 10.3. The summed E-state index contributed by atoms with van der Waals surface area (Å²) in [6, 6.07) is 9.16. The number of rotatable bonds is 9. The van der Waals surface area contributed by atoms with E-state index in [0.29, 0.717) is 18.9 Å². The molecule has 1 amide bonds. The van der Waals surface area contributed by atoms with Crippen LogP contribution in [0, 0.1) is 11.3 Å². The van der Waals surface area contributed by atoms with Crippen LogP contribution in [0.1, 0.15) is 26.7 Å². The average molecular weight is 290 g/mol. The molecule has 0 atom stereocenters. The first-order valence-electron chi connectivity index (χ1n) is 7.21. The molecule has 1 aromatic carbocycles. The van der Waals surface area contributed by atoms with Gasteiger partial charge in [0.1, 0.15) is 18.0 Å². The summed E-state index contributed by atoms with van der Waals surface area (Å²) in [5.41, 5.74) is 0. The maximum Gasteiger partial charge on any atom is 0.261 e. The lowest BCUT2D eigenvalue weighted by Gasteiger charge is -2.18. The summed E-state index contributed by atoms with van der Waals surface area (Å²) in [5, 5.41) is 8.70. The van der Waals surface area contributed by atoms with E-state index in [9.17, 15) is 4.79 Å². The van der Waals surface area contributed by atoms with Crippen molar-refractivity contribution in [3.05, 3.63) is 24.3 Å². The van der Waals surface area contributed by atoms with Crippen molar-refractivity contribution in [2.45, 2.75) is 26.7 Å². The number of nitrogens with zero attached hydrogens (tertiary/aromatic N) is 2. The van der Waals surface area contributed by atoms with Crippen LogP contribution in [0.3, 0.4) is 0 Å². The molecule has 5 nitrogen and oxygen atoms in total. The molecule has 0 heterocycles. The Morgan fingerprint density at radius 2 is 1.76 bits per heavy atom. The highest BCUT2D eigenvalue weighted by molar-refractivity contribution is 5.78. The molecular formula is C16H22N2O3. The predicted molar refractivity (Wildman–Crippen MR) is 80.2 cm³/mol. The normalized spacial score (nSPS) is 9.76. The Labute approximate surface area is 126 Å². The Kier molecular flexibility index (Phi) is 7.73. The first-order chi connectivity index (χ1) is 10.2. The van der Waals surface area contributed by atoms with Gasteiger partial charge in [-0.05, 0) is 37.1 Å². The largest absolute Gasteiger partial charge is 0.494 e. The molecule has 0 saturated heterocycles. The molecule has 1 aromatic rings. The summed E-state index contributed by atoms with van der Waals surface area (Å²) in [6.45, 7) is 5.30. The van der Waals surface area contributed by atoms with E-state index in [4.69, 9.17) is 14.7 Å². The Bertz CT molecular complexity index is 465. The second-order valence-electron chi connectivity index (χ2n) is 4.58. The van der Waals surface area contributed by atoms with Crippen LogP contribution in [0.15, 0.2) is 24.3 Å². The molecule has 0 unspecified atom stereocenters. The van der Waals surface area contributed by atoms with Crippen molar-refractivity contribution in [1.82, 2.24) is 4.90 Å². The Morgan fingerprint density at radius 1 is 1.14 bits per heavy atom. The molecule has 0 radical (unpaired) electrons. The van der Waals surface area contributed by atoms with Crippen LogP contribution in [-0.4, -0.2) is 37.1 Å². The topological polar surface area (TPSA) is 62.6 Å². The Morgan fingerprint density at radius 3 is 2.29 bits per heavy atom. The molecule has 0 aliphatic carbocycles. The van der Waals surface area contributed by atoms with Gasteiger partial charge in [-0.2, -0.15) is 5.26 Å². The van der Waals surface area contributed by atoms with E-state index in [0.717, 1.165) is 18.6 Å². The van der Waals surface area contributed by atoms with Crippen LogP contribution in [0.2, 0.25) is 0 Å². The fourth-order valence-electron chi connectivity index (χ4n) is 1.74. The number of carbonyl (C=O) groups excluding carboxylic acids is 1. The van der Waals surface area contributed by atoms with Gasteiger partial charge in [-0.3, -0.25) is 4.79 Å². The molecule has 0 N–H and O–H groups in total. The molecule has 0 aliphatic rings. The zero-order chi connectivity index (χ0) is 15.5. The van der Waals surface area contributed by atoms with Gasteiger partial charge in [-0.1, -0.05) is 13.8 Å². The predicted octanol–water partition coefficient (Wildman–Crippen LogP) is 2.62. The molecular weight excluding hydrogens is 268 g/mol. The fraction of sp³-hybridized carbons (Fsp3) is 0.500. The first kappa shape index (κ1) is 16.8. The number of nitriles is 1. The van der Waals surface area contributed by atoms with Crippen molar-refractivity contribution >= 4 is 5.91 Å². The van der Waals surface area contributed by atoms with Gasteiger partial charge >= 0.3 is 0 Å². The molecule has 0 aromatic heterocycles. The monoisotopic (exact) mass is 290 g/mol. The third-order valence-corrected chi connectivity index (χ3v) is 2.77. The standard InChI is InChI=1S/C16H22N2O3/c1-3-10-18(11-9-17)16(19)13-21-15-7-5-14(6-8-15)20-12-4-2/h5-8H,3-4,10-13H2,1-2H3. The third kappa shape index (κ3) is 6.17. The van der Waals surface area contributed by atoms with E-state index in [1.165, 1.54) is 4.90 Å². The van der Waals surface area contributed by atoms with Gasteiger partial charge < -0.3 is 14.4 Å². The van der Waals surface area contributed by atoms with E-state index in [2.05, 4.69) is 0 Å². The van der Waals surface area contributed by atoms with Crippen LogP contribution >= 0.6 is 0 Å². The summed E-state index contributed by atoms with van der Waals surface area (Å²) in [5.74, 6) is 1.22. The number of hydrogen-bond donors (Lipinski definition) is 0. The van der Waals surface area contributed by atoms with E-state index >= 15 is 0 Å². The van der Waals surface area contributed by atoms with Gasteiger partial charge in [0.2, 0.25) is 0 Å². The minimum absolute atomic E-state index is 0.0587. The molecule has 1 rings (SSSR count). The summed E-state index contributed by atoms with van der Waals surface area (Å²) in [4.78, 5) is 13.4. The fourth-order valence-corrected chi connectivity index (χ4v) is 1.74.